The summed E-state index contributed by atoms with van der Waals surface area (Å²) in [7, 11) is -3.92. The van der Waals surface area contributed by atoms with Gasteiger partial charge in [-0.1, -0.05) is 24.3 Å². The molecule has 3 aromatic rings. The average molecular weight is 454 g/mol. The Kier molecular flexibility index (Phi) is 6.41. The zero-order valence-electron chi connectivity index (χ0n) is 17.4. The molecule has 0 bridgehead atoms. The molecule has 1 unspecified atom stereocenters. The number of sulfonamides is 1. The first-order valence-electron chi connectivity index (χ1n) is 10.4. The molecule has 1 aliphatic rings. The van der Waals surface area contributed by atoms with E-state index in [4.69, 9.17) is 0 Å². The molecule has 0 spiro atoms. The predicted molar refractivity (Wildman–Crippen MR) is 123 cm³/mol. The van der Waals surface area contributed by atoms with Gasteiger partial charge >= 0.3 is 0 Å². The van der Waals surface area contributed by atoms with Crippen LogP contribution in [0.3, 0.4) is 0 Å². The second kappa shape index (κ2) is 9.40. The minimum atomic E-state index is -3.92. The number of rotatable bonds is 7. The number of halogens is 1. The van der Waals surface area contributed by atoms with Crippen molar-refractivity contribution in [1.29, 1.82) is 0 Å². The molecule has 0 aromatic heterocycles. The summed E-state index contributed by atoms with van der Waals surface area (Å²) in [5.41, 5.74) is 1.87. The fourth-order valence-corrected chi connectivity index (χ4v) is 4.95. The molecule has 3 aromatic carbocycles. The number of carbonyl (C=O) groups excluding carboxylic acids is 1. The molecule has 6 nitrogen and oxygen atoms in total. The molecule has 1 heterocycles. The SMILES string of the molecule is O=C(NCC1CCCN1c1ccccc1)c1ccc(NS(=O)(=O)c2cccc(F)c2)cc1. The van der Waals surface area contributed by atoms with E-state index >= 15 is 0 Å². The number of anilines is 2. The molecule has 0 saturated carbocycles. The molecule has 32 heavy (non-hydrogen) atoms. The van der Waals surface area contributed by atoms with Crippen molar-refractivity contribution in [2.45, 2.75) is 23.8 Å². The number of carbonyl (C=O) groups is 1. The van der Waals surface area contributed by atoms with Crippen LogP contribution >= 0.6 is 0 Å². The molecular weight excluding hydrogens is 429 g/mol. The summed E-state index contributed by atoms with van der Waals surface area (Å²) in [6, 6.07) is 21.3. The third-order valence-corrected chi connectivity index (χ3v) is 6.85. The smallest absolute Gasteiger partial charge is 0.261 e. The van der Waals surface area contributed by atoms with Crippen LogP contribution in [-0.4, -0.2) is 33.5 Å². The first-order valence-corrected chi connectivity index (χ1v) is 11.9. The quantitative estimate of drug-likeness (QED) is 0.566. The minimum Gasteiger partial charge on any atom is -0.367 e. The van der Waals surface area contributed by atoms with Crippen molar-refractivity contribution in [1.82, 2.24) is 5.32 Å². The van der Waals surface area contributed by atoms with Gasteiger partial charge in [0.05, 0.1) is 4.90 Å². The van der Waals surface area contributed by atoms with Gasteiger partial charge in [-0.15, -0.1) is 0 Å². The lowest BCUT2D eigenvalue weighted by Crippen LogP contribution is -2.40. The zero-order chi connectivity index (χ0) is 22.6. The molecule has 0 radical (unpaired) electrons. The Balaban J connectivity index is 1.36. The normalized spacial score (nSPS) is 16.0. The van der Waals surface area contributed by atoms with E-state index in [1.54, 1.807) is 12.1 Å². The lowest BCUT2D eigenvalue weighted by molar-refractivity contribution is 0.0951. The van der Waals surface area contributed by atoms with Crippen LogP contribution < -0.4 is 14.9 Å². The van der Waals surface area contributed by atoms with Crippen molar-refractivity contribution < 1.29 is 17.6 Å². The summed E-state index contributed by atoms with van der Waals surface area (Å²) in [6.45, 7) is 1.49. The van der Waals surface area contributed by atoms with Crippen molar-refractivity contribution in [2.24, 2.45) is 0 Å². The summed E-state index contributed by atoms with van der Waals surface area (Å²) in [5, 5.41) is 2.98. The Morgan fingerprint density at radius 1 is 1.00 bits per heavy atom. The summed E-state index contributed by atoms with van der Waals surface area (Å²) < 4.78 is 40.6. The number of nitrogens with one attached hydrogen (secondary N) is 2. The predicted octanol–water partition coefficient (Wildman–Crippen LogP) is 4.03. The Morgan fingerprint density at radius 3 is 2.47 bits per heavy atom. The van der Waals surface area contributed by atoms with E-state index < -0.39 is 15.8 Å². The van der Waals surface area contributed by atoms with Gasteiger partial charge in [0, 0.05) is 36.1 Å². The second-order valence-electron chi connectivity index (χ2n) is 7.68. The summed E-state index contributed by atoms with van der Waals surface area (Å²) >= 11 is 0. The van der Waals surface area contributed by atoms with Crippen molar-refractivity contribution in [3.05, 3.63) is 90.2 Å². The van der Waals surface area contributed by atoms with Crippen molar-refractivity contribution in [3.63, 3.8) is 0 Å². The highest BCUT2D eigenvalue weighted by molar-refractivity contribution is 7.92. The molecule has 1 fully saturated rings. The molecule has 0 aliphatic carbocycles. The first kappa shape index (κ1) is 21.8. The zero-order valence-corrected chi connectivity index (χ0v) is 18.2. The van der Waals surface area contributed by atoms with Gasteiger partial charge in [0.1, 0.15) is 5.82 Å². The maximum Gasteiger partial charge on any atom is 0.261 e. The molecular formula is C24H24FN3O3S. The van der Waals surface area contributed by atoms with Gasteiger partial charge in [0.25, 0.3) is 15.9 Å². The maximum absolute atomic E-state index is 13.3. The highest BCUT2D eigenvalue weighted by Crippen LogP contribution is 2.25. The van der Waals surface area contributed by atoms with Gasteiger partial charge in [-0.05, 0) is 67.4 Å². The van der Waals surface area contributed by atoms with Gasteiger partial charge in [0.15, 0.2) is 0 Å². The molecule has 1 saturated heterocycles. The van der Waals surface area contributed by atoms with Crippen molar-refractivity contribution in [2.75, 3.05) is 22.7 Å². The van der Waals surface area contributed by atoms with Gasteiger partial charge < -0.3 is 10.2 Å². The van der Waals surface area contributed by atoms with E-state index in [1.807, 2.05) is 18.2 Å². The fraction of sp³-hybridized carbons (Fsp3) is 0.208. The topological polar surface area (TPSA) is 78.5 Å². The Bertz CT molecular complexity index is 1180. The van der Waals surface area contributed by atoms with Crippen LogP contribution in [0.2, 0.25) is 0 Å². The largest absolute Gasteiger partial charge is 0.367 e. The summed E-state index contributed by atoms with van der Waals surface area (Å²) in [5.74, 6) is -0.850. The fourth-order valence-electron chi connectivity index (χ4n) is 3.86. The molecule has 1 atom stereocenters. The van der Waals surface area contributed by atoms with Gasteiger partial charge in [-0.3, -0.25) is 9.52 Å². The maximum atomic E-state index is 13.3. The van der Waals surface area contributed by atoms with Crippen LogP contribution in [0.1, 0.15) is 23.2 Å². The number of para-hydroxylation sites is 1. The van der Waals surface area contributed by atoms with Gasteiger partial charge in [-0.25, -0.2) is 12.8 Å². The molecule has 2 N–H and O–H groups in total. The van der Waals surface area contributed by atoms with E-state index in [9.17, 15) is 17.6 Å². The molecule has 4 rings (SSSR count). The Hall–Kier alpha value is -3.39. The Labute approximate surface area is 187 Å². The van der Waals surface area contributed by atoms with E-state index in [-0.39, 0.29) is 22.5 Å². The number of hydrogen-bond donors (Lipinski definition) is 2. The van der Waals surface area contributed by atoms with Crippen LogP contribution in [0.4, 0.5) is 15.8 Å². The van der Waals surface area contributed by atoms with E-state index in [2.05, 4.69) is 27.1 Å². The summed E-state index contributed by atoms with van der Waals surface area (Å²) in [4.78, 5) is 14.7. The van der Waals surface area contributed by atoms with Crippen molar-refractivity contribution in [3.8, 4) is 0 Å². The first-order chi connectivity index (χ1) is 15.4. The molecule has 1 aliphatic heterocycles. The highest BCUT2D eigenvalue weighted by atomic mass is 32.2. The summed E-state index contributed by atoms with van der Waals surface area (Å²) in [6.07, 6.45) is 2.09. The van der Waals surface area contributed by atoms with Crippen LogP contribution in [0.25, 0.3) is 0 Å². The lowest BCUT2D eigenvalue weighted by Gasteiger charge is -2.27. The van der Waals surface area contributed by atoms with Crippen LogP contribution in [-0.2, 0) is 10.0 Å². The van der Waals surface area contributed by atoms with Crippen molar-refractivity contribution >= 4 is 27.3 Å². The highest BCUT2D eigenvalue weighted by Gasteiger charge is 2.25. The minimum absolute atomic E-state index is 0.168. The molecule has 1 amide bonds. The number of nitrogens with zero attached hydrogens (tertiary/aromatic N) is 1. The Morgan fingerprint density at radius 2 is 1.75 bits per heavy atom. The molecule has 166 valence electrons. The van der Waals surface area contributed by atoms with Gasteiger partial charge in [-0.2, -0.15) is 0 Å². The number of amides is 1. The van der Waals surface area contributed by atoms with E-state index in [0.717, 1.165) is 31.1 Å². The van der Waals surface area contributed by atoms with Gasteiger partial charge in [0.2, 0.25) is 0 Å². The lowest BCUT2D eigenvalue weighted by atomic mass is 10.1. The van der Waals surface area contributed by atoms with Crippen LogP contribution in [0.5, 0.6) is 0 Å². The van der Waals surface area contributed by atoms with E-state index in [0.29, 0.717) is 12.1 Å². The number of hydrogen-bond acceptors (Lipinski definition) is 4. The monoisotopic (exact) mass is 453 g/mol. The average Bonchev–Trinajstić information content (AvgIpc) is 3.27. The second-order valence-corrected chi connectivity index (χ2v) is 9.36. The van der Waals surface area contributed by atoms with Crippen LogP contribution in [0.15, 0.2) is 83.8 Å². The number of benzene rings is 3. The standard InChI is InChI=1S/C24H24FN3O3S/c25-19-6-4-10-23(16-19)32(30,31)27-20-13-11-18(12-14-20)24(29)26-17-22-9-5-15-28(22)21-7-2-1-3-8-21/h1-4,6-8,10-14,16,22,27H,5,9,15,17H2,(H,26,29). The third kappa shape index (κ3) is 5.08. The van der Waals surface area contributed by atoms with E-state index in [1.165, 1.54) is 30.3 Å². The van der Waals surface area contributed by atoms with Crippen LogP contribution in [0, 0.1) is 5.82 Å². The molecule has 8 heteroatoms. The third-order valence-electron chi connectivity index (χ3n) is 5.47.